The lowest BCUT2D eigenvalue weighted by Crippen LogP contribution is -2.35. The molecule has 1 saturated carbocycles. The molecule has 0 spiro atoms. The molecule has 2 atom stereocenters. The molecule has 3 aromatic rings. The summed E-state index contributed by atoms with van der Waals surface area (Å²) in [6.07, 6.45) is 0.933. The summed E-state index contributed by atoms with van der Waals surface area (Å²) in [5.74, 6) is -3.38. The minimum Gasteiger partial charge on any atom is -0.477 e. The third kappa shape index (κ3) is 3.54. The van der Waals surface area contributed by atoms with E-state index in [0.717, 1.165) is 29.0 Å². The molecule has 2 aliphatic rings. The Labute approximate surface area is 186 Å². The van der Waals surface area contributed by atoms with E-state index in [1.54, 1.807) is 4.90 Å². The van der Waals surface area contributed by atoms with Gasteiger partial charge in [0.2, 0.25) is 5.43 Å². The lowest BCUT2D eigenvalue weighted by Gasteiger charge is -2.23. The summed E-state index contributed by atoms with van der Waals surface area (Å²) in [5, 5.41) is 12.6. The Balaban J connectivity index is 1.63. The fraction of sp³-hybridized carbons (Fsp3) is 0.348. The largest absolute Gasteiger partial charge is 0.477 e. The van der Waals surface area contributed by atoms with Crippen molar-refractivity contribution in [1.82, 2.24) is 14.9 Å². The number of carboxylic acids is 1. The van der Waals surface area contributed by atoms with Gasteiger partial charge in [-0.2, -0.15) is 0 Å². The minimum atomic E-state index is -1.55. The number of nitrogens with one attached hydrogen (secondary N) is 1. The summed E-state index contributed by atoms with van der Waals surface area (Å²) < 4.78 is 44.1. The summed E-state index contributed by atoms with van der Waals surface area (Å²) >= 11 is 0. The molecule has 0 radical (unpaired) electrons. The van der Waals surface area contributed by atoms with E-state index in [1.807, 2.05) is 0 Å². The molecule has 1 aromatic carbocycles. The van der Waals surface area contributed by atoms with E-state index in [-0.39, 0.29) is 22.5 Å². The van der Waals surface area contributed by atoms with Crippen molar-refractivity contribution in [2.45, 2.75) is 25.9 Å². The topological polar surface area (TPSA) is 87.5 Å². The number of rotatable bonds is 5. The Bertz CT molecular complexity index is 1350. The van der Waals surface area contributed by atoms with Crippen LogP contribution in [0.1, 0.15) is 24.2 Å². The van der Waals surface area contributed by atoms with Gasteiger partial charge in [0.1, 0.15) is 17.2 Å². The SMILES string of the molecule is CC(C)NC1C2CN(c3nc4c(cc3F)c(=O)c(C(=O)O)cn4-c3ccc(F)cc3F)CC21. The molecule has 1 aliphatic heterocycles. The van der Waals surface area contributed by atoms with Gasteiger partial charge in [0.15, 0.2) is 17.3 Å². The first kappa shape index (κ1) is 21.4. The van der Waals surface area contributed by atoms with Crippen molar-refractivity contribution in [1.29, 1.82) is 0 Å². The lowest BCUT2D eigenvalue weighted by atomic mass is 10.1. The van der Waals surface area contributed by atoms with Crippen molar-refractivity contribution < 1.29 is 23.1 Å². The first-order valence-electron chi connectivity index (χ1n) is 10.6. The summed E-state index contributed by atoms with van der Waals surface area (Å²) in [7, 11) is 0. The average Bonchev–Trinajstić information content (AvgIpc) is 3.16. The number of halogens is 3. The van der Waals surface area contributed by atoms with E-state index in [2.05, 4.69) is 24.1 Å². The van der Waals surface area contributed by atoms with Crippen molar-refractivity contribution >= 4 is 22.8 Å². The zero-order valence-corrected chi connectivity index (χ0v) is 17.8. The molecule has 2 unspecified atom stereocenters. The molecule has 0 amide bonds. The van der Waals surface area contributed by atoms with E-state index in [9.17, 15) is 23.5 Å². The van der Waals surface area contributed by atoms with Gasteiger partial charge in [0.05, 0.1) is 11.1 Å². The number of piperidine rings is 1. The number of carbonyl (C=O) groups is 1. The van der Waals surface area contributed by atoms with Gasteiger partial charge in [-0.1, -0.05) is 13.8 Å². The monoisotopic (exact) mass is 458 g/mol. The van der Waals surface area contributed by atoms with Gasteiger partial charge in [0.25, 0.3) is 0 Å². The van der Waals surface area contributed by atoms with Crippen LogP contribution in [0, 0.1) is 29.3 Å². The molecular formula is C23H21F3N4O3. The first-order chi connectivity index (χ1) is 15.7. The van der Waals surface area contributed by atoms with Gasteiger partial charge in [-0.05, 0) is 30.0 Å². The Hall–Kier alpha value is -3.40. The maximum Gasteiger partial charge on any atom is 0.341 e. The summed E-state index contributed by atoms with van der Waals surface area (Å²) in [6, 6.07) is 4.40. The molecule has 33 heavy (non-hydrogen) atoms. The fourth-order valence-electron chi connectivity index (χ4n) is 4.78. The maximum atomic E-state index is 15.1. The second-order valence-corrected chi connectivity index (χ2v) is 8.89. The second kappa shape index (κ2) is 7.58. The summed E-state index contributed by atoms with van der Waals surface area (Å²) in [6.45, 7) is 5.28. The van der Waals surface area contributed by atoms with E-state index in [0.29, 0.717) is 43.1 Å². The van der Waals surface area contributed by atoms with Crippen LogP contribution in [0.5, 0.6) is 0 Å². The van der Waals surface area contributed by atoms with E-state index in [4.69, 9.17) is 0 Å². The van der Waals surface area contributed by atoms with Gasteiger partial charge < -0.3 is 15.3 Å². The molecule has 2 aromatic heterocycles. The normalized spacial score (nSPS) is 21.6. The molecule has 1 saturated heterocycles. The van der Waals surface area contributed by atoms with Gasteiger partial charge in [-0.15, -0.1) is 0 Å². The summed E-state index contributed by atoms with van der Waals surface area (Å²) in [5.41, 5.74) is -1.92. The van der Waals surface area contributed by atoms with Gasteiger partial charge in [-0.25, -0.2) is 22.9 Å². The third-order valence-electron chi connectivity index (χ3n) is 6.33. The Morgan fingerprint density at radius 2 is 1.85 bits per heavy atom. The van der Waals surface area contributed by atoms with E-state index < -0.39 is 34.4 Å². The van der Waals surface area contributed by atoms with Crippen molar-refractivity contribution in [3.63, 3.8) is 0 Å². The Morgan fingerprint density at radius 3 is 2.45 bits per heavy atom. The number of aromatic nitrogens is 2. The van der Waals surface area contributed by atoms with Crippen molar-refractivity contribution in [3.8, 4) is 5.69 Å². The highest BCUT2D eigenvalue weighted by molar-refractivity contribution is 5.92. The van der Waals surface area contributed by atoms with Crippen LogP contribution in [0.15, 0.2) is 35.3 Å². The van der Waals surface area contributed by atoms with Gasteiger partial charge >= 0.3 is 5.97 Å². The van der Waals surface area contributed by atoms with Crippen LogP contribution in [0.4, 0.5) is 19.0 Å². The highest BCUT2D eigenvalue weighted by atomic mass is 19.1. The standard InChI is InChI=1S/C23H21F3N4O3/c1-10(2)27-19-13-7-29(8-14(13)19)22-17(26)6-12-20(31)15(23(32)33)9-30(21(12)28-22)18-4-3-11(24)5-16(18)25/h3-6,9-10,13-14,19,27H,7-8H2,1-2H3,(H,32,33). The number of anilines is 1. The molecule has 172 valence electrons. The van der Waals surface area contributed by atoms with Crippen LogP contribution >= 0.6 is 0 Å². The highest BCUT2D eigenvalue weighted by Gasteiger charge is 2.56. The molecule has 0 bridgehead atoms. The van der Waals surface area contributed by atoms with Gasteiger partial charge in [-0.3, -0.25) is 9.36 Å². The molecule has 1 aliphatic carbocycles. The number of aromatic carboxylic acids is 1. The number of hydrogen-bond acceptors (Lipinski definition) is 5. The number of hydrogen-bond donors (Lipinski definition) is 2. The second-order valence-electron chi connectivity index (χ2n) is 8.89. The number of fused-ring (bicyclic) bond motifs is 2. The number of carboxylic acid groups (broad SMARTS) is 1. The quantitative estimate of drug-likeness (QED) is 0.612. The predicted molar refractivity (Wildman–Crippen MR) is 115 cm³/mol. The number of pyridine rings is 2. The van der Waals surface area contributed by atoms with Gasteiger partial charge in [0, 0.05) is 37.4 Å². The molecule has 2 N–H and O–H groups in total. The third-order valence-corrected chi connectivity index (χ3v) is 6.33. The molecule has 2 fully saturated rings. The fourth-order valence-corrected chi connectivity index (χ4v) is 4.78. The smallest absolute Gasteiger partial charge is 0.341 e. The minimum absolute atomic E-state index is 0.0109. The highest BCUT2D eigenvalue weighted by Crippen LogP contribution is 2.47. The first-order valence-corrected chi connectivity index (χ1v) is 10.6. The zero-order chi connectivity index (χ0) is 23.6. The zero-order valence-electron chi connectivity index (χ0n) is 17.8. The summed E-state index contributed by atoms with van der Waals surface area (Å²) in [4.78, 5) is 30.4. The molecule has 5 rings (SSSR count). The van der Waals surface area contributed by atoms with Crippen molar-refractivity contribution in [3.05, 3.63) is 63.7 Å². The van der Waals surface area contributed by atoms with Crippen LogP contribution in [0.3, 0.4) is 0 Å². The van der Waals surface area contributed by atoms with Crippen molar-refractivity contribution in [2.24, 2.45) is 11.8 Å². The predicted octanol–water partition coefficient (Wildman–Crippen LogP) is 2.93. The number of nitrogens with zero attached hydrogens (tertiary/aromatic N) is 3. The average molecular weight is 458 g/mol. The van der Waals surface area contributed by atoms with Crippen LogP contribution in [-0.2, 0) is 0 Å². The maximum absolute atomic E-state index is 15.1. The molecule has 10 heteroatoms. The number of benzene rings is 1. The van der Waals surface area contributed by atoms with E-state index >= 15 is 4.39 Å². The lowest BCUT2D eigenvalue weighted by molar-refractivity contribution is 0.0695. The molecular weight excluding hydrogens is 437 g/mol. The van der Waals surface area contributed by atoms with E-state index in [1.165, 1.54) is 0 Å². The Kier molecular flexibility index (Phi) is 4.93. The molecule has 3 heterocycles. The van der Waals surface area contributed by atoms with Crippen LogP contribution in [0.2, 0.25) is 0 Å². The van der Waals surface area contributed by atoms with Crippen LogP contribution < -0.4 is 15.6 Å². The van der Waals surface area contributed by atoms with Crippen molar-refractivity contribution in [2.75, 3.05) is 18.0 Å². The van der Waals surface area contributed by atoms with Crippen LogP contribution in [0.25, 0.3) is 16.7 Å². The van der Waals surface area contributed by atoms with Crippen LogP contribution in [-0.4, -0.2) is 45.8 Å². The Morgan fingerprint density at radius 1 is 1.15 bits per heavy atom. The molecule has 7 nitrogen and oxygen atoms in total.